The largest absolute Gasteiger partial charge is 0.397 e. The van der Waals surface area contributed by atoms with E-state index in [4.69, 9.17) is 5.73 Å². The molecule has 0 atom stereocenters. The van der Waals surface area contributed by atoms with Crippen LogP contribution < -0.4 is 11.1 Å². The quantitative estimate of drug-likeness (QED) is 0.851. The van der Waals surface area contributed by atoms with Crippen LogP contribution in [0.15, 0.2) is 18.5 Å². The molecule has 0 aliphatic heterocycles. The summed E-state index contributed by atoms with van der Waals surface area (Å²) in [6.07, 6.45) is 2.97. The van der Waals surface area contributed by atoms with Crippen molar-refractivity contribution in [1.29, 1.82) is 0 Å². The third-order valence-corrected chi connectivity index (χ3v) is 3.26. The highest BCUT2D eigenvalue weighted by Crippen LogP contribution is 2.21. The van der Waals surface area contributed by atoms with E-state index in [9.17, 15) is 4.79 Å². The van der Waals surface area contributed by atoms with Gasteiger partial charge >= 0.3 is 0 Å². The number of anilines is 2. The lowest BCUT2D eigenvalue weighted by atomic mass is 10.2. The zero-order valence-corrected chi connectivity index (χ0v) is 10.3. The van der Waals surface area contributed by atoms with Gasteiger partial charge in [-0.05, 0) is 19.9 Å². The molecule has 2 heterocycles. The molecule has 3 N–H and O–H groups in total. The third-order valence-electron chi connectivity index (χ3n) is 2.27. The van der Waals surface area contributed by atoms with Gasteiger partial charge in [-0.2, -0.15) is 0 Å². The highest BCUT2D eigenvalue weighted by Gasteiger charge is 2.10. The first kappa shape index (κ1) is 11.5. The molecule has 5 nitrogen and oxygen atoms in total. The minimum absolute atomic E-state index is 0.251. The molecule has 17 heavy (non-hydrogen) atoms. The summed E-state index contributed by atoms with van der Waals surface area (Å²) in [5.41, 5.74) is 7.38. The van der Waals surface area contributed by atoms with Gasteiger partial charge in [-0.1, -0.05) is 0 Å². The van der Waals surface area contributed by atoms with Crippen LogP contribution in [0.5, 0.6) is 0 Å². The van der Waals surface area contributed by atoms with Gasteiger partial charge in [0.05, 0.1) is 16.9 Å². The van der Waals surface area contributed by atoms with Crippen LogP contribution in [0.2, 0.25) is 0 Å². The van der Waals surface area contributed by atoms with Gasteiger partial charge in [-0.15, -0.1) is 11.3 Å². The maximum atomic E-state index is 11.8. The van der Waals surface area contributed by atoms with Crippen LogP contribution in [0.25, 0.3) is 0 Å². The minimum atomic E-state index is -0.251. The Bertz CT molecular complexity index is 545. The number of aromatic nitrogens is 2. The van der Waals surface area contributed by atoms with Crippen LogP contribution in [0.4, 0.5) is 10.8 Å². The molecule has 0 aliphatic carbocycles. The fourth-order valence-electron chi connectivity index (χ4n) is 1.28. The Labute approximate surface area is 103 Å². The Morgan fingerprint density at radius 3 is 2.76 bits per heavy atom. The van der Waals surface area contributed by atoms with Crippen LogP contribution in [-0.2, 0) is 0 Å². The van der Waals surface area contributed by atoms with Crippen LogP contribution in [0.1, 0.15) is 20.9 Å². The highest BCUT2D eigenvalue weighted by molar-refractivity contribution is 7.15. The fourth-order valence-corrected chi connectivity index (χ4v) is 2.09. The summed E-state index contributed by atoms with van der Waals surface area (Å²) in [5, 5.41) is 3.31. The lowest BCUT2D eigenvalue weighted by Crippen LogP contribution is -2.12. The van der Waals surface area contributed by atoms with E-state index in [2.05, 4.69) is 15.3 Å². The Morgan fingerprint density at radius 2 is 2.18 bits per heavy atom. The summed E-state index contributed by atoms with van der Waals surface area (Å²) in [7, 11) is 0. The summed E-state index contributed by atoms with van der Waals surface area (Å²) in [5.74, 6) is -0.251. The summed E-state index contributed by atoms with van der Waals surface area (Å²) in [6.45, 7) is 3.87. The van der Waals surface area contributed by atoms with E-state index >= 15 is 0 Å². The maximum absolute atomic E-state index is 11.8. The summed E-state index contributed by atoms with van der Waals surface area (Å²) >= 11 is 1.45. The average molecular weight is 248 g/mol. The number of hydrogen-bond acceptors (Lipinski definition) is 5. The first-order chi connectivity index (χ1) is 8.06. The lowest BCUT2D eigenvalue weighted by molar-refractivity contribution is 0.102. The number of rotatable bonds is 2. The van der Waals surface area contributed by atoms with E-state index in [1.54, 1.807) is 6.07 Å². The van der Waals surface area contributed by atoms with Crippen LogP contribution in [0.3, 0.4) is 0 Å². The molecule has 0 radical (unpaired) electrons. The van der Waals surface area contributed by atoms with Gasteiger partial charge in [0.15, 0.2) is 5.13 Å². The molecule has 2 aromatic rings. The van der Waals surface area contributed by atoms with Crippen molar-refractivity contribution in [2.45, 2.75) is 13.8 Å². The third kappa shape index (κ3) is 2.59. The molecule has 0 aromatic carbocycles. The van der Waals surface area contributed by atoms with Gasteiger partial charge in [0.1, 0.15) is 0 Å². The number of aryl methyl sites for hydroxylation is 2. The summed E-state index contributed by atoms with van der Waals surface area (Å²) in [6, 6.07) is 1.58. The molecule has 0 aliphatic rings. The van der Waals surface area contributed by atoms with Crippen LogP contribution in [0, 0.1) is 13.8 Å². The van der Waals surface area contributed by atoms with E-state index in [-0.39, 0.29) is 5.91 Å². The van der Waals surface area contributed by atoms with Crippen LogP contribution >= 0.6 is 11.3 Å². The smallest absolute Gasteiger partial charge is 0.259 e. The molecule has 2 rings (SSSR count). The average Bonchev–Trinajstić information content (AvgIpc) is 2.58. The van der Waals surface area contributed by atoms with E-state index in [1.165, 1.54) is 23.7 Å². The predicted octanol–water partition coefficient (Wildman–Crippen LogP) is 1.99. The molecule has 0 saturated carbocycles. The van der Waals surface area contributed by atoms with E-state index < -0.39 is 0 Å². The van der Waals surface area contributed by atoms with Gasteiger partial charge < -0.3 is 5.73 Å². The van der Waals surface area contributed by atoms with Crippen molar-refractivity contribution in [3.8, 4) is 0 Å². The zero-order chi connectivity index (χ0) is 12.4. The molecule has 6 heteroatoms. The van der Waals surface area contributed by atoms with E-state index in [0.29, 0.717) is 16.4 Å². The summed E-state index contributed by atoms with van der Waals surface area (Å²) in [4.78, 5) is 21.0. The number of nitrogens with zero attached hydrogens (tertiary/aromatic N) is 2. The molecular formula is C11H12N4OS. The number of carbonyl (C=O) groups is 1. The Hall–Kier alpha value is -1.95. The SMILES string of the molecule is Cc1nc(NC(=O)c2cncc(N)c2)sc1C. The topological polar surface area (TPSA) is 80.9 Å². The second kappa shape index (κ2) is 4.50. The number of hydrogen-bond donors (Lipinski definition) is 2. The molecule has 2 aromatic heterocycles. The molecule has 0 saturated heterocycles. The van der Waals surface area contributed by atoms with Crippen LogP contribution in [-0.4, -0.2) is 15.9 Å². The van der Waals surface area contributed by atoms with E-state index in [0.717, 1.165) is 10.6 Å². The second-order valence-corrected chi connectivity index (χ2v) is 4.82. The van der Waals surface area contributed by atoms with Gasteiger partial charge in [0, 0.05) is 17.3 Å². The molecule has 0 unspecified atom stereocenters. The molecular weight excluding hydrogens is 236 g/mol. The number of nitrogens with one attached hydrogen (secondary N) is 1. The van der Waals surface area contributed by atoms with Crippen molar-refractivity contribution in [1.82, 2.24) is 9.97 Å². The number of amides is 1. The van der Waals surface area contributed by atoms with Gasteiger partial charge in [-0.3, -0.25) is 15.1 Å². The zero-order valence-electron chi connectivity index (χ0n) is 9.52. The molecule has 1 amide bonds. The fraction of sp³-hybridized carbons (Fsp3) is 0.182. The molecule has 88 valence electrons. The first-order valence-corrected chi connectivity index (χ1v) is 5.84. The van der Waals surface area contributed by atoms with Gasteiger partial charge in [0.2, 0.25) is 0 Å². The lowest BCUT2D eigenvalue weighted by Gasteiger charge is -2.01. The van der Waals surface area contributed by atoms with Crippen molar-refractivity contribution in [2.75, 3.05) is 11.1 Å². The standard InChI is InChI=1S/C11H12N4OS/c1-6-7(2)17-11(14-6)15-10(16)8-3-9(12)5-13-4-8/h3-5H,12H2,1-2H3,(H,14,15,16). The molecule has 0 spiro atoms. The number of carbonyl (C=O) groups excluding carboxylic acids is 1. The number of pyridine rings is 1. The monoisotopic (exact) mass is 248 g/mol. The predicted molar refractivity (Wildman–Crippen MR) is 68.2 cm³/mol. The Kier molecular flexibility index (Phi) is 3.06. The number of thiazole rings is 1. The molecule has 0 fully saturated rings. The summed E-state index contributed by atoms with van der Waals surface area (Å²) < 4.78 is 0. The first-order valence-electron chi connectivity index (χ1n) is 5.02. The molecule has 0 bridgehead atoms. The van der Waals surface area contributed by atoms with Crippen molar-refractivity contribution in [2.24, 2.45) is 0 Å². The van der Waals surface area contributed by atoms with Gasteiger partial charge in [-0.25, -0.2) is 4.98 Å². The highest BCUT2D eigenvalue weighted by atomic mass is 32.1. The van der Waals surface area contributed by atoms with Gasteiger partial charge in [0.25, 0.3) is 5.91 Å². The van der Waals surface area contributed by atoms with Crippen molar-refractivity contribution in [3.05, 3.63) is 34.6 Å². The Morgan fingerprint density at radius 1 is 1.41 bits per heavy atom. The van der Waals surface area contributed by atoms with Crippen molar-refractivity contribution in [3.63, 3.8) is 0 Å². The van der Waals surface area contributed by atoms with Crippen molar-refractivity contribution < 1.29 is 4.79 Å². The van der Waals surface area contributed by atoms with Crippen molar-refractivity contribution >= 4 is 28.1 Å². The maximum Gasteiger partial charge on any atom is 0.259 e. The number of nitrogen functional groups attached to an aromatic ring is 1. The Balaban J connectivity index is 2.17. The number of nitrogens with two attached hydrogens (primary N) is 1. The normalized spacial score (nSPS) is 10.2. The van der Waals surface area contributed by atoms with E-state index in [1.807, 2.05) is 13.8 Å². The minimum Gasteiger partial charge on any atom is -0.397 e. The second-order valence-electron chi connectivity index (χ2n) is 3.62.